The van der Waals surface area contributed by atoms with Crippen molar-refractivity contribution in [3.8, 4) is 0 Å². The summed E-state index contributed by atoms with van der Waals surface area (Å²) in [7, 11) is 0. The van der Waals surface area contributed by atoms with E-state index in [4.69, 9.17) is 14.2 Å². The standard InChI is InChI=1S/C66H116O6/c1-4-7-10-13-16-18-20-22-24-26-28-29-30-31-32-33-34-35-36-37-38-40-41-43-45-47-50-53-56-59-65(68)71-62-63(61-70-64(67)58-55-52-49-15-12-9-6-3)72-66(69)60-57-54-51-48-46-44-42-39-27-25-23-21-19-17-14-11-8-5-2/h7,10,16,18,22,24,28-29,31-32,34-35,63H,4-6,8-9,11-15,17,19-21,23,25-27,30,33,36-62H2,1-3H3/b10-7-,18-16-,24-22-,29-28-,32-31-,35-34-. The number of ether oxygens (including phenoxy) is 3. The van der Waals surface area contributed by atoms with Crippen molar-refractivity contribution in [3.05, 3.63) is 72.9 Å². The second-order valence-corrected chi connectivity index (χ2v) is 20.6. The van der Waals surface area contributed by atoms with Gasteiger partial charge in [0, 0.05) is 19.3 Å². The summed E-state index contributed by atoms with van der Waals surface area (Å²) >= 11 is 0. The Bertz CT molecular complexity index is 1340. The van der Waals surface area contributed by atoms with Gasteiger partial charge in [0.25, 0.3) is 0 Å². The molecule has 0 rings (SSSR count). The lowest BCUT2D eigenvalue weighted by Gasteiger charge is -2.18. The van der Waals surface area contributed by atoms with Crippen LogP contribution in [0.2, 0.25) is 0 Å². The molecule has 1 unspecified atom stereocenters. The van der Waals surface area contributed by atoms with Gasteiger partial charge in [-0.25, -0.2) is 0 Å². The first-order valence-electron chi connectivity index (χ1n) is 30.9. The SMILES string of the molecule is CC/C=C\C/C=C\C/C=C\C/C=C\C/C=C\C/C=C\CCCCCCCCCCCCC(=O)OCC(COC(=O)CCCCCCCCC)OC(=O)CCCCCCCCCCCCCCCCCCCC. The molecule has 0 N–H and O–H groups in total. The third-order valence-electron chi connectivity index (χ3n) is 13.5. The van der Waals surface area contributed by atoms with Gasteiger partial charge in [-0.05, 0) is 70.6 Å². The van der Waals surface area contributed by atoms with Gasteiger partial charge in [0.15, 0.2) is 6.10 Å². The van der Waals surface area contributed by atoms with Crippen molar-refractivity contribution in [1.29, 1.82) is 0 Å². The van der Waals surface area contributed by atoms with Gasteiger partial charge in [0.1, 0.15) is 13.2 Å². The first-order chi connectivity index (χ1) is 35.5. The first-order valence-corrected chi connectivity index (χ1v) is 30.9. The second-order valence-electron chi connectivity index (χ2n) is 20.6. The quantitative estimate of drug-likeness (QED) is 0.0261. The van der Waals surface area contributed by atoms with Crippen LogP contribution in [0.25, 0.3) is 0 Å². The molecule has 0 heterocycles. The summed E-state index contributed by atoms with van der Waals surface area (Å²) < 4.78 is 16.8. The average molecular weight is 1010 g/mol. The van der Waals surface area contributed by atoms with E-state index in [0.29, 0.717) is 19.3 Å². The highest BCUT2D eigenvalue weighted by Crippen LogP contribution is 2.17. The number of carbonyl (C=O) groups excluding carboxylic acids is 3. The molecule has 6 heteroatoms. The minimum atomic E-state index is -0.772. The number of unbranched alkanes of at least 4 members (excludes halogenated alkanes) is 33. The highest BCUT2D eigenvalue weighted by molar-refractivity contribution is 5.71. The molecule has 0 saturated heterocycles. The van der Waals surface area contributed by atoms with Crippen LogP contribution in [0.3, 0.4) is 0 Å². The Morgan fingerprint density at radius 3 is 0.847 bits per heavy atom. The number of allylic oxidation sites excluding steroid dienone is 12. The van der Waals surface area contributed by atoms with E-state index in [-0.39, 0.29) is 31.1 Å². The third kappa shape index (κ3) is 57.7. The van der Waals surface area contributed by atoms with Crippen LogP contribution >= 0.6 is 0 Å². The summed E-state index contributed by atoms with van der Waals surface area (Å²) in [6.45, 7) is 6.52. The number of hydrogen-bond acceptors (Lipinski definition) is 6. The number of esters is 3. The molecule has 6 nitrogen and oxygen atoms in total. The lowest BCUT2D eigenvalue weighted by Crippen LogP contribution is -2.30. The molecule has 0 aromatic heterocycles. The van der Waals surface area contributed by atoms with Crippen LogP contribution in [-0.4, -0.2) is 37.2 Å². The molecule has 1 atom stereocenters. The largest absolute Gasteiger partial charge is 0.462 e. The van der Waals surface area contributed by atoms with Gasteiger partial charge in [-0.2, -0.15) is 0 Å². The van der Waals surface area contributed by atoms with E-state index in [1.54, 1.807) is 0 Å². The van der Waals surface area contributed by atoms with Crippen molar-refractivity contribution in [2.75, 3.05) is 13.2 Å². The molecular weight excluding hydrogens is 889 g/mol. The molecule has 0 aromatic rings. The molecule has 0 aliphatic heterocycles. The van der Waals surface area contributed by atoms with Crippen LogP contribution in [0, 0.1) is 0 Å². The zero-order valence-corrected chi connectivity index (χ0v) is 47.7. The predicted molar refractivity (Wildman–Crippen MR) is 311 cm³/mol. The molecule has 0 radical (unpaired) electrons. The summed E-state index contributed by atoms with van der Waals surface area (Å²) in [4.78, 5) is 38.0. The van der Waals surface area contributed by atoms with Crippen LogP contribution in [0.15, 0.2) is 72.9 Å². The molecule has 0 spiro atoms. The number of rotatable bonds is 56. The first kappa shape index (κ1) is 68.8. The van der Waals surface area contributed by atoms with Crippen molar-refractivity contribution in [2.24, 2.45) is 0 Å². The molecular formula is C66H116O6. The highest BCUT2D eigenvalue weighted by atomic mass is 16.6. The normalized spacial score (nSPS) is 12.5. The smallest absolute Gasteiger partial charge is 0.306 e. The third-order valence-corrected chi connectivity index (χ3v) is 13.5. The van der Waals surface area contributed by atoms with Crippen LogP contribution in [0.4, 0.5) is 0 Å². The number of carbonyl (C=O) groups is 3. The Balaban J connectivity index is 4.12. The molecule has 72 heavy (non-hydrogen) atoms. The van der Waals surface area contributed by atoms with Crippen LogP contribution < -0.4 is 0 Å². The van der Waals surface area contributed by atoms with E-state index in [1.807, 2.05) is 0 Å². The van der Waals surface area contributed by atoms with Gasteiger partial charge in [-0.15, -0.1) is 0 Å². The fourth-order valence-corrected chi connectivity index (χ4v) is 8.86. The van der Waals surface area contributed by atoms with E-state index < -0.39 is 6.10 Å². The minimum Gasteiger partial charge on any atom is -0.462 e. The average Bonchev–Trinajstić information content (AvgIpc) is 3.38. The maximum absolute atomic E-state index is 12.8. The minimum absolute atomic E-state index is 0.0725. The molecule has 0 saturated carbocycles. The van der Waals surface area contributed by atoms with Crippen LogP contribution in [0.5, 0.6) is 0 Å². The summed E-state index contributed by atoms with van der Waals surface area (Å²) in [5.41, 5.74) is 0. The summed E-state index contributed by atoms with van der Waals surface area (Å²) in [5, 5.41) is 0. The van der Waals surface area contributed by atoms with Crippen LogP contribution in [0.1, 0.15) is 310 Å². The van der Waals surface area contributed by atoms with E-state index in [0.717, 1.165) is 96.3 Å². The van der Waals surface area contributed by atoms with E-state index in [1.165, 1.54) is 173 Å². The fourth-order valence-electron chi connectivity index (χ4n) is 8.86. The Morgan fingerprint density at radius 2 is 0.542 bits per heavy atom. The topological polar surface area (TPSA) is 78.9 Å². The Hall–Kier alpha value is -3.15. The van der Waals surface area contributed by atoms with Gasteiger partial charge in [0.2, 0.25) is 0 Å². The molecule has 0 aliphatic rings. The second kappa shape index (κ2) is 60.4. The molecule has 0 bridgehead atoms. The molecule has 0 fully saturated rings. The highest BCUT2D eigenvalue weighted by Gasteiger charge is 2.19. The van der Waals surface area contributed by atoms with Crippen LogP contribution in [-0.2, 0) is 28.6 Å². The summed E-state index contributed by atoms with van der Waals surface area (Å²) in [5.74, 6) is -0.870. The summed E-state index contributed by atoms with van der Waals surface area (Å²) in [6.07, 6.45) is 77.8. The maximum atomic E-state index is 12.8. The van der Waals surface area contributed by atoms with E-state index >= 15 is 0 Å². The van der Waals surface area contributed by atoms with Crippen molar-refractivity contribution < 1.29 is 28.6 Å². The van der Waals surface area contributed by atoms with Crippen molar-refractivity contribution in [2.45, 2.75) is 316 Å². The van der Waals surface area contributed by atoms with Gasteiger partial charge in [-0.3, -0.25) is 14.4 Å². The molecule has 416 valence electrons. The van der Waals surface area contributed by atoms with Crippen molar-refractivity contribution >= 4 is 17.9 Å². The molecule has 0 aromatic carbocycles. The lowest BCUT2D eigenvalue weighted by atomic mass is 10.0. The fraction of sp³-hybridized carbons (Fsp3) is 0.773. The maximum Gasteiger partial charge on any atom is 0.306 e. The Kier molecular flexibility index (Phi) is 57.8. The monoisotopic (exact) mass is 1000 g/mol. The van der Waals surface area contributed by atoms with Gasteiger partial charge < -0.3 is 14.2 Å². The van der Waals surface area contributed by atoms with Crippen molar-refractivity contribution in [1.82, 2.24) is 0 Å². The lowest BCUT2D eigenvalue weighted by molar-refractivity contribution is -0.167. The zero-order chi connectivity index (χ0) is 52.2. The molecule has 0 aliphatic carbocycles. The van der Waals surface area contributed by atoms with Crippen molar-refractivity contribution in [3.63, 3.8) is 0 Å². The Labute approximate surface area is 446 Å². The number of hydrogen-bond donors (Lipinski definition) is 0. The predicted octanol–water partition coefficient (Wildman–Crippen LogP) is 20.9. The van der Waals surface area contributed by atoms with E-state index in [2.05, 4.69) is 93.7 Å². The zero-order valence-electron chi connectivity index (χ0n) is 47.7. The van der Waals surface area contributed by atoms with Gasteiger partial charge >= 0.3 is 17.9 Å². The van der Waals surface area contributed by atoms with Gasteiger partial charge in [0.05, 0.1) is 0 Å². The van der Waals surface area contributed by atoms with E-state index in [9.17, 15) is 14.4 Å². The van der Waals surface area contributed by atoms with Gasteiger partial charge in [-0.1, -0.05) is 293 Å². The Morgan fingerprint density at radius 1 is 0.292 bits per heavy atom. The molecule has 0 amide bonds. The summed E-state index contributed by atoms with van der Waals surface area (Å²) in [6, 6.07) is 0.